The lowest BCUT2D eigenvalue weighted by Crippen LogP contribution is -2.24. The number of halogens is 3. The molecular weight excluding hydrogens is 346 g/mol. The van der Waals surface area contributed by atoms with E-state index >= 15 is 0 Å². The van der Waals surface area contributed by atoms with Crippen LogP contribution in [0.1, 0.15) is 11.3 Å². The van der Waals surface area contributed by atoms with Gasteiger partial charge >= 0.3 is 0 Å². The summed E-state index contributed by atoms with van der Waals surface area (Å²) < 4.78 is 20.0. The second-order valence-corrected chi connectivity index (χ2v) is 5.41. The van der Waals surface area contributed by atoms with Gasteiger partial charge in [-0.05, 0) is 19.1 Å². The molecule has 23 heavy (non-hydrogen) atoms. The molecule has 0 fully saturated rings. The molecule has 0 aliphatic heterocycles. The lowest BCUT2D eigenvalue weighted by Gasteiger charge is -2.07. The number of amides is 1. The molecule has 1 aromatic carbocycles. The standard InChI is InChI=1S/C14H13Cl2FN4O2/c1-8-10(14(17)21(2)20-8)6-18-19-13(22)7-23-12-5-9(15)3-4-11(12)16/h3-6H,7H2,1-2H3,(H,19,22). The number of nitrogens with zero attached hydrogens (tertiary/aromatic N) is 3. The highest BCUT2D eigenvalue weighted by molar-refractivity contribution is 6.34. The average molecular weight is 359 g/mol. The molecule has 2 aromatic rings. The fraction of sp³-hybridized carbons (Fsp3) is 0.214. The fourth-order valence-electron chi connectivity index (χ4n) is 1.73. The van der Waals surface area contributed by atoms with E-state index in [1.807, 2.05) is 0 Å². The summed E-state index contributed by atoms with van der Waals surface area (Å²) in [4.78, 5) is 11.6. The van der Waals surface area contributed by atoms with Crippen molar-refractivity contribution in [3.8, 4) is 5.75 Å². The van der Waals surface area contributed by atoms with Crippen molar-refractivity contribution < 1.29 is 13.9 Å². The summed E-state index contributed by atoms with van der Waals surface area (Å²) in [6, 6.07) is 4.66. The van der Waals surface area contributed by atoms with E-state index in [0.29, 0.717) is 15.7 Å². The van der Waals surface area contributed by atoms with Gasteiger partial charge in [-0.3, -0.25) is 4.79 Å². The maximum atomic E-state index is 13.6. The van der Waals surface area contributed by atoms with Gasteiger partial charge in [0.25, 0.3) is 5.91 Å². The molecule has 1 N–H and O–H groups in total. The summed E-state index contributed by atoms with van der Waals surface area (Å²) in [7, 11) is 1.47. The third-order valence-corrected chi connectivity index (χ3v) is 3.38. The summed E-state index contributed by atoms with van der Waals surface area (Å²) in [5, 5.41) is 8.33. The first-order valence-electron chi connectivity index (χ1n) is 6.47. The first kappa shape index (κ1) is 17.2. The zero-order valence-corrected chi connectivity index (χ0v) is 13.8. The van der Waals surface area contributed by atoms with Crippen molar-refractivity contribution in [3.63, 3.8) is 0 Å². The molecule has 0 radical (unpaired) electrons. The van der Waals surface area contributed by atoms with Crippen LogP contribution in [-0.4, -0.2) is 28.5 Å². The van der Waals surface area contributed by atoms with Crippen LogP contribution >= 0.6 is 23.2 Å². The van der Waals surface area contributed by atoms with E-state index in [1.54, 1.807) is 19.1 Å². The number of benzene rings is 1. The molecule has 122 valence electrons. The van der Waals surface area contributed by atoms with E-state index in [9.17, 15) is 9.18 Å². The normalized spacial score (nSPS) is 11.0. The van der Waals surface area contributed by atoms with Crippen molar-refractivity contribution in [1.82, 2.24) is 15.2 Å². The van der Waals surface area contributed by atoms with E-state index in [2.05, 4.69) is 15.6 Å². The monoisotopic (exact) mass is 358 g/mol. The van der Waals surface area contributed by atoms with Gasteiger partial charge in [-0.15, -0.1) is 0 Å². The van der Waals surface area contributed by atoms with Crippen LogP contribution in [0.25, 0.3) is 0 Å². The molecule has 1 heterocycles. The Morgan fingerprint density at radius 3 is 2.91 bits per heavy atom. The Kier molecular flexibility index (Phi) is 5.57. The second kappa shape index (κ2) is 7.43. The zero-order valence-electron chi connectivity index (χ0n) is 12.3. The van der Waals surface area contributed by atoms with Gasteiger partial charge in [0.05, 0.1) is 22.5 Å². The maximum Gasteiger partial charge on any atom is 0.277 e. The van der Waals surface area contributed by atoms with Crippen LogP contribution in [0.3, 0.4) is 0 Å². The van der Waals surface area contributed by atoms with E-state index in [1.165, 1.54) is 19.3 Å². The summed E-state index contributed by atoms with van der Waals surface area (Å²) in [6.07, 6.45) is 1.18. The molecule has 0 unspecified atom stereocenters. The minimum Gasteiger partial charge on any atom is -0.482 e. The molecule has 0 aliphatic carbocycles. The van der Waals surface area contributed by atoms with Gasteiger partial charge in [-0.2, -0.15) is 14.6 Å². The van der Waals surface area contributed by atoms with Gasteiger partial charge in [0.15, 0.2) is 6.61 Å². The van der Waals surface area contributed by atoms with Crippen molar-refractivity contribution >= 4 is 35.3 Å². The Labute approximate surface area is 141 Å². The highest BCUT2D eigenvalue weighted by Crippen LogP contribution is 2.27. The minimum absolute atomic E-state index is 0.201. The van der Waals surface area contributed by atoms with Gasteiger partial charge < -0.3 is 4.74 Å². The molecule has 6 nitrogen and oxygen atoms in total. The average Bonchev–Trinajstić information content (AvgIpc) is 2.74. The molecule has 0 saturated carbocycles. The van der Waals surface area contributed by atoms with Gasteiger partial charge in [-0.25, -0.2) is 10.1 Å². The Hall–Kier alpha value is -2.12. The van der Waals surface area contributed by atoms with Crippen LogP contribution in [0.4, 0.5) is 4.39 Å². The Morgan fingerprint density at radius 2 is 2.26 bits per heavy atom. The molecule has 0 bridgehead atoms. The molecule has 9 heteroatoms. The molecule has 1 amide bonds. The lowest BCUT2D eigenvalue weighted by molar-refractivity contribution is -0.123. The zero-order chi connectivity index (χ0) is 17.0. The Balaban J connectivity index is 1.90. The molecule has 1 aromatic heterocycles. The number of nitrogens with one attached hydrogen (secondary N) is 1. The summed E-state index contributed by atoms with van der Waals surface area (Å²) in [5.74, 6) is -0.783. The second-order valence-electron chi connectivity index (χ2n) is 4.57. The van der Waals surface area contributed by atoms with Crippen LogP contribution < -0.4 is 10.2 Å². The van der Waals surface area contributed by atoms with Crippen LogP contribution in [0, 0.1) is 12.9 Å². The van der Waals surface area contributed by atoms with Crippen molar-refractivity contribution in [2.45, 2.75) is 6.92 Å². The molecule has 0 spiro atoms. The van der Waals surface area contributed by atoms with E-state index < -0.39 is 11.9 Å². The summed E-state index contributed by atoms with van der Waals surface area (Å²) >= 11 is 11.7. The molecule has 0 atom stereocenters. The van der Waals surface area contributed by atoms with Gasteiger partial charge in [0.2, 0.25) is 5.95 Å². The predicted octanol–water partition coefficient (Wildman–Crippen LogP) is 2.70. The number of rotatable bonds is 5. The largest absolute Gasteiger partial charge is 0.482 e. The Bertz CT molecular complexity index is 761. The highest BCUT2D eigenvalue weighted by Gasteiger charge is 2.11. The molecule has 0 aliphatic rings. The van der Waals surface area contributed by atoms with Crippen LogP contribution in [0.2, 0.25) is 10.0 Å². The third kappa shape index (κ3) is 4.43. The van der Waals surface area contributed by atoms with Crippen molar-refractivity contribution in [3.05, 3.63) is 45.4 Å². The number of hydrazone groups is 1. The van der Waals surface area contributed by atoms with Crippen LogP contribution in [0.5, 0.6) is 5.75 Å². The highest BCUT2D eigenvalue weighted by atomic mass is 35.5. The number of carbonyl (C=O) groups excluding carboxylic acids is 1. The van der Waals surface area contributed by atoms with E-state index in [0.717, 1.165) is 4.68 Å². The first-order valence-corrected chi connectivity index (χ1v) is 7.23. The van der Waals surface area contributed by atoms with Crippen molar-refractivity contribution in [2.75, 3.05) is 6.61 Å². The van der Waals surface area contributed by atoms with Crippen LogP contribution in [0.15, 0.2) is 23.3 Å². The smallest absolute Gasteiger partial charge is 0.277 e. The molecule has 0 saturated heterocycles. The van der Waals surface area contributed by atoms with Crippen molar-refractivity contribution in [2.24, 2.45) is 12.1 Å². The minimum atomic E-state index is -0.539. The molecule has 2 rings (SSSR count). The van der Waals surface area contributed by atoms with Crippen LogP contribution in [-0.2, 0) is 11.8 Å². The van der Waals surface area contributed by atoms with Gasteiger partial charge in [-0.1, -0.05) is 23.2 Å². The van der Waals surface area contributed by atoms with E-state index in [4.69, 9.17) is 27.9 Å². The number of aromatic nitrogens is 2. The Morgan fingerprint density at radius 1 is 1.52 bits per heavy atom. The number of hydrogen-bond donors (Lipinski definition) is 1. The van der Waals surface area contributed by atoms with Gasteiger partial charge in [0.1, 0.15) is 5.75 Å². The summed E-state index contributed by atoms with van der Waals surface area (Å²) in [6.45, 7) is 1.32. The first-order chi connectivity index (χ1) is 10.9. The topological polar surface area (TPSA) is 68.5 Å². The number of carbonyl (C=O) groups is 1. The molecular formula is C14H13Cl2FN4O2. The quantitative estimate of drug-likeness (QED) is 0.659. The number of aryl methyl sites for hydroxylation is 2. The van der Waals surface area contributed by atoms with Gasteiger partial charge in [0, 0.05) is 18.1 Å². The maximum absolute atomic E-state index is 13.6. The predicted molar refractivity (Wildman–Crippen MR) is 85.6 cm³/mol. The third-order valence-electron chi connectivity index (χ3n) is 2.83. The number of hydrogen-bond acceptors (Lipinski definition) is 4. The lowest BCUT2D eigenvalue weighted by atomic mass is 10.3. The van der Waals surface area contributed by atoms with E-state index in [-0.39, 0.29) is 17.9 Å². The number of ether oxygens (including phenoxy) is 1. The fourth-order valence-corrected chi connectivity index (χ4v) is 2.06. The van der Waals surface area contributed by atoms with Crippen molar-refractivity contribution in [1.29, 1.82) is 0 Å². The summed E-state index contributed by atoms with van der Waals surface area (Å²) in [5.41, 5.74) is 2.89. The SMILES string of the molecule is Cc1nn(C)c(F)c1C=NNC(=O)COc1cc(Cl)ccc1Cl.